The smallest absolute Gasteiger partial charge is 0.416 e. The van der Waals surface area contributed by atoms with Gasteiger partial charge in [-0.1, -0.05) is 23.2 Å². The molecule has 3 rings (SSSR count). The van der Waals surface area contributed by atoms with E-state index in [-0.39, 0.29) is 21.6 Å². The number of nitrogens with one attached hydrogen (secondary N) is 2. The van der Waals surface area contributed by atoms with Crippen LogP contribution >= 0.6 is 35.4 Å². The number of nitrogens with zero attached hydrogens (tertiary/aromatic N) is 1. The third-order valence-electron chi connectivity index (χ3n) is 4.82. The van der Waals surface area contributed by atoms with Crippen LogP contribution in [0.2, 0.25) is 10.0 Å². The van der Waals surface area contributed by atoms with E-state index in [4.69, 9.17) is 40.2 Å². The number of thiocarbonyl (C=S) groups is 1. The first-order valence-corrected chi connectivity index (χ1v) is 10.9. The molecule has 1 fully saturated rings. The zero-order valence-corrected chi connectivity index (χ0v) is 19.3. The Hall–Kier alpha value is -2.23. The lowest BCUT2D eigenvalue weighted by atomic mass is 10.1. The maximum Gasteiger partial charge on any atom is 0.416 e. The molecule has 0 aliphatic carbocycles. The van der Waals surface area contributed by atoms with Crippen molar-refractivity contribution >= 4 is 57.8 Å². The Kier molecular flexibility index (Phi) is 7.74. The van der Waals surface area contributed by atoms with Gasteiger partial charge in [-0.25, -0.2) is 0 Å². The minimum absolute atomic E-state index is 0.146. The number of rotatable bonds is 5. The van der Waals surface area contributed by atoms with Gasteiger partial charge in [0.2, 0.25) is 0 Å². The summed E-state index contributed by atoms with van der Waals surface area (Å²) >= 11 is 17.1. The van der Waals surface area contributed by atoms with E-state index >= 15 is 0 Å². The van der Waals surface area contributed by atoms with Crippen LogP contribution in [0.4, 0.5) is 24.5 Å². The number of ether oxygens (including phenoxy) is 1. The predicted molar refractivity (Wildman–Crippen MR) is 124 cm³/mol. The summed E-state index contributed by atoms with van der Waals surface area (Å²) in [6.07, 6.45) is -3.59. The second kappa shape index (κ2) is 10.1. The van der Waals surface area contributed by atoms with Crippen LogP contribution < -0.4 is 20.3 Å². The van der Waals surface area contributed by atoms with E-state index in [1.165, 1.54) is 25.1 Å². The van der Waals surface area contributed by atoms with E-state index in [1.54, 1.807) is 6.07 Å². The Morgan fingerprint density at radius 3 is 2.47 bits per heavy atom. The summed E-state index contributed by atoms with van der Waals surface area (Å²) in [5.41, 5.74) is -0.0585. The molecule has 1 unspecified atom stereocenters. The average Bonchev–Trinajstić information content (AvgIpc) is 3.23. The lowest BCUT2D eigenvalue weighted by Crippen LogP contribution is -2.42. The molecular formula is C21H20Cl2F3N3O2S. The van der Waals surface area contributed by atoms with Gasteiger partial charge in [0.25, 0.3) is 5.91 Å². The highest BCUT2D eigenvalue weighted by molar-refractivity contribution is 7.80. The van der Waals surface area contributed by atoms with Crippen molar-refractivity contribution < 1.29 is 22.7 Å². The Balaban J connectivity index is 1.70. The molecule has 1 saturated heterocycles. The standard InChI is InChI=1S/C21H20Cl2F3N3O2S/c1-12(31-18-7-5-14(22)11-15(18)23)19(30)28-20(32)27-16-10-13(21(24,25)26)4-6-17(16)29-8-2-3-9-29/h4-7,10-12H,2-3,8-9H2,1H3,(H2,27,28,30,32). The molecule has 172 valence electrons. The van der Waals surface area contributed by atoms with E-state index < -0.39 is 23.8 Å². The number of hydrogen-bond acceptors (Lipinski definition) is 4. The highest BCUT2D eigenvalue weighted by atomic mass is 35.5. The number of benzene rings is 2. The molecule has 0 aromatic heterocycles. The predicted octanol–water partition coefficient (Wildman–Crippen LogP) is 5.89. The fourth-order valence-electron chi connectivity index (χ4n) is 3.23. The highest BCUT2D eigenvalue weighted by Gasteiger charge is 2.32. The molecule has 1 heterocycles. The van der Waals surface area contributed by atoms with Crippen LogP contribution in [0.25, 0.3) is 0 Å². The Bertz CT molecular complexity index is 1010. The van der Waals surface area contributed by atoms with Crippen molar-refractivity contribution in [3.63, 3.8) is 0 Å². The van der Waals surface area contributed by atoms with Gasteiger partial charge in [-0.3, -0.25) is 10.1 Å². The van der Waals surface area contributed by atoms with Crippen LogP contribution in [0.3, 0.4) is 0 Å². The summed E-state index contributed by atoms with van der Waals surface area (Å²) in [7, 11) is 0. The molecule has 11 heteroatoms. The van der Waals surface area contributed by atoms with E-state index in [1.807, 2.05) is 4.90 Å². The SMILES string of the molecule is CC(Oc1ccc(Cl)cc1Cl)C(=O)NC(=S)Nc1cc(C(F)(F)F)ccc1N1CCCC1. The Labute approximate surface area is 198 Å². The van der Waals surface area contributed by atoms with Crippen molar-refractivity contribution in [1.82, 2.24) is 5.32 Å². The van der Waals surface area contributed by atoms with Gasteiger partial charge in [-0.2, -0.15) is 13.2 Å². The van der Waals surface area contributed by atoms with E-state index in [0.717, 1.165) is 38.1 Å². The van der Waals surface area contributed by atoms with E-state index in [0.29, 0.717) is 10.7 Å². The van der Waals surface area contributed by atoms with Crippen molar-refractivity contribution in [3.05, 3.63) is 52.0 Å². The van der Waals surface area contributed by atoms with Gasteiger partial charge in [0.15, 0.2) is 11.2 Å². The first kappa shape index (κ1) is 24.4. The van der Waals surface area contributed by atoms with Crippen LogP contribution in [0, 0.1) is 0 Å². The summed E-state index contributed by atoms with van der Waals surface area (Å²) in [6, 6.07) is 7.99. The summed E-state index contributed by atoms with van der Waals surface area (Å²) < 4.78 is 45.2. The van der Waals surface area contributed by atoms with Gasteiger partial charge in [-0.05, 0) is 68.4 Å². The highest BCUT2D eigenvalue weighted by Crippen LogP contribution is 2.36. The summed E-state index contributed by atoms with van der Waals surface area (Å²) in [5.74, 6) is -0.338. The van der Waals surface area contributed by atoms with Gasteiger partial charge in [0, 0.05) is 18.1 Å². The molecule has 1 amide bonds. The third kappa shape index (κ3) is 6.17. The van der Waals surface area contributed by atoms with Crippen molar-refractivity contribution in [3.8, 4) is 5.75 Å². The van der Waals surface area contributed by atoms with Gasteiger partial charge in [0.1, 0.15) is 5.75 Å². The maximum absolute atomic E-state index is 13.2. The summed E-state index contributed by atoms with van der Waals surface area (Å²) in [5, 5.41) is 5.67. The molecule has 32 heavy (non-hydrogen) atoms. The summed E-state index contributed by atoms with van der Waals surface area (Å²) in [4.78, 5) is 14.4. The molecule has 2 N–H and O–H groups in total. The van der Waals surface area contributed by atoms with Crippen LogP contribution in [0.15, 0.2) is 36.4 Å². The maximum atomic E-state index is 13.2. The van der Waals surface area contributed by atoms with Gasteiger partial charge < -0.3 is 15.0 Å². The minimum atomic E-state index is -4.51. The quantitative estimate of drug-likeness (QED) is 0.496. The second-order valence-electron chi connectivity index (χ2n) is 7.20. The van der Waals surface area contributed by atoms with Crippen LogP contribution in [-0.2, 0) is 11.0 Å². The number of amides is 1. The van der Waals surface area contributed by atoms with Crippen LogP contribution in [0.1, 0.15) is 25.3 Å². The average molecular weight is 506 g/mol. The minimum Gasteiger partial charge on any atom is -0.479 e. The molecular weight excluding hydrogens is 486 g/mol. The van der Waals surface area contributed by atoms with Gasteiger partial charge in [-0.15, -0.1) is 0 Å². The molecule has 1 aliphatic heterocycles. The van der Waals surface area contributed by atoms with Crippen molar-refractivity contribution in [2.75, 3.05) is 23.3 Å². The first-order valence-electron chi connectivity index (χ1n) is 9.74. The molecule has 0 saturated carbocycles. The lowest BCUT2D eigenvalue weighted by Gasteiger charge is -2.24. The largest absolute Gasteiger partial charge is 0.479 e. The molecule has 1 atom stereocenters. The second-order valence-corrected chi connectivity index (χ2v) is 8.45. The third-order valence-corrected chi connectivity index (χ3v) is 5.56. The fourth-order valence-corrected chi connectivity index (χ4v) is 3.89. The molecule has 0 bridgehead atoms. The number of alkyl halides is 3. The van der Waals surface area contributed by atoms with E-state index in [2.05, 4.69) is 10.6 Å². The zero-order chi connectivity index (χ0) is 23.5. The Morgan fingerprint density at radius 2 is 1.84 bits per heavy atom. The van der Waals surface area contributed by atoms with Crippen molar-refractivity contribution in [1.29, 1.82) is 0 Å². The summed E-state index contributed by atoms with van der Waals surface area (Å²) in [6.45, 7) is 2.95. The molecule has 0 radical (unpaired) electrons. The molecule has 2 aromatic carbocycles. The van der Waals surface area contributed by atoms with E-state index in [9.17, 15) is 18.0 Å². The van der Waals surface area contributed by atoms with Crippen molar-refractivity contribution in [2.45, 2.75) is 32.0 Å². The normalized spacial score (nSPS) is 14.8. The molecule has 5 nitrogen and oxygen atoms in total. The topological polar surface area (TPSA) is 53.6 Å². The van der Waals surface area contributed by atoms with Gasteiger partial charge >= 0.3 is 6.18 Å². The molecule has 1 aliphatic rings. The first-order chi connectivity index (χ1) is 15.0. The molecule has 0 spiro atoms. The zero-order valence-electron chi connectivity index (χ0n) is 16.9. The lowest BCUT2D eigenvalue weighted by molar-refractivity contribution is -0.137. The van der Waals surface area contributed by atoms with Crippen LogP contribution in [0.5, 0.6) is 5.75 Å². The van der Waals surface area contributed by atoms with Crippen molar-refractivity contribution in [2.24, 2.45) is 0 Å². The Morgan fingerprint density at radius 1 is 1.16 bits per heavy atom. The number of carbonyl (C=O) groups is 1. The number of anilines is 2. The molecule has 2 aromatic rings. The van der Waals surface area contributed by atoms with Gasteiger partial charge in [0.05, 0.1) is 22.0 Å². The number of halogens is 5. The number of hydrogen-bond donors (Lipinski definition) is 2. The van der Waals surface area contributed by atoms with Crippen LogP contribution in [-0.4, -0.2) is 30.2 Å². The monoisotopic (exact) mass is 505 g/mol. The fraction of sp³-hybridized carbons (Fsp3) is 0.333. The number of carbonyl (C=O) groups excluding carboxylic acids is 1.